The lowest BCUT2D eigenvalue weighted by atomic mass is 9.80. The standard InChI is InChI=1S/C11H18N2O/c1-8-11(14-7-13-8)10-4-2-9(6-12)3-5-10/h7,9-10H,2-6,12H2,1H3. The summed E-state index contributed by atoms with van der Waals surface area (Å²) in [5, 5.41) is 0. The Morgan fingerprint density at radius 2 is 2.14 bits per heavy atom. The number of hydrogen-bond acceptors (Lipinski definition) is 3. The first kappa shape index (κ1) is 9.71. The van der Waals surface area contributed by atoms with E-state index < -0.39 is 0 Å². The maximum atomic E-state index is 5.66. The number of nitrogens with two attached hydrogens (primary N) is 1. The summed E-state index contributed by atoms with van der Waals surface area (Å²) in [4.78, 5) is 4.14. The van der Waals surface area contributed by atoms with Crippen molar-refractivity contribution in [2.75, 3.05) is 6.54 Å². The minimum atomic E-state index is 0.584. The lowest BCUT2D eigenvalue weighted by Crippen LogP contribution is -2.20. The first-order valence-electron chi connectivity index (χ1n) is 5.41. The normalized spacial score (nSPS) is 27.9. The van der Waals surface area contributed by atoms with Crippen LogP contribution in [0.15, 0.2) is 10.8 Å². The highest BCUT2D eigenvalue weighted by molar-refractivity contribution is 5.11. The zero-order valence-electron chi connectivity index (χ0n) is 8.70. The van der Waals surface area contributed by atoms with E-state index >= 15 is 0 Å². The van der Waals surface area contributed by atoms with Crippen molar-refractivity contribution < 1.29 is 4.42 Å². The number of hydrogen-bond donors (Lipinski definition) is 1. The molecule has 0 aliphatic heterocycles. The van der Waals surface area contributed by atoms with Gasteiger partial charge in [0.25, 0.3) is 0 Å². The second-order valence-electron chi connectivity index (χ2n) is 4.26. The molecule has 1 saturated carbocycles. The molecule has 0 radical (unpaired) electrons. The molecular formula is C11H18N2O. The van der Waals surface area contributed by atoms with Crippen LogP contribution in [0.5, 0.6) is 0 Å². The largest absolute Gasteiger partial charge is 0.448 e. The summed E-state index contributed by atoms with van der Waals surface area (Å²) in [6.07, 6.45) is 6.44. The Balaban J connectivity index is 1.99. The van der Waals surface area contributed by atoms with Gasteiger partial charge in [-0.15, -0.1) is 0 Å². The lowest BCUT2D eigenvalue weighted by molar-refractivity contribution is 0.302. The summed E-state index contributed by atoms with van der Waals surface area (Å²) in [6, 6.07) is 0. The summed E-state index contributed by atoms with van der Waals surface area (Å²) >= 11 is 0. The molecule has 1 aromatic heterocycles. The molecule has 0 aromatic carbocycles. The van der Waals surface area contributed by atoms with Gasteiger partial charge in [0.15, 0.2) is 6.39 Å². The Morgan fingerprint density at radius 1 is 1.43 bits per heavy atom. The molecule has 14 heavy (non-hydrogen) atoms. The quantitative estimate of drug-likeness (QED) is 0.785. The van der Waals surface area contributed by atoms with Gasteiger partial charge in [-0.3, -0.25) is 0 Å². The average Bonchev–Trinajstić information content (AvgIpc) is 2.65. The van der Waals surface area contributed by atoms with Gasteiger partial charge in [0.2, 0.25) is 0 Å². The molecule has 1 heterocycles. The van der Waals surface area contributed by atoms with Crippen molar-refractivity contribution >= 4 is 0 Å². The molecule has 0 bridgehead atoms. The maximum absolute atomic E-state index is 5.66. The summed E-state index contributed by atoms with van der Waals surface area (Å²) in [5.74, 6) is 2.41. The van der Waals surface area contributed by atoms with E-state index in [1.807, 2.05) is 6.92 Å². The van der Waals surface area contributed by atoms with Gasteiger partial charge in [-0.2, -0.15) is 0 Å². The minimum Gasteiger partial charge on any atom is -0.448 e. The van der Waals surface area contributed by atoms with Gasteiger partial charge in [0.05, 0.1) is 5.69 Å². The predicted octanol–water partition coefficient (Wildman–Crippen LogP) is 2.22. The van der Waals surface area contributed by atoms with Crippen molar-refractivity contribution in [1.82, 2.24) is 4.98 Å². The third kappa shape index (κ3) is 1.82. The Labute approximate surface area is 84.7 Å². The van der Waals surface area contributed by atoms with Crippen LogP contribution >= 0.6 is 0 Å². The van der Waals surface area contributed by atoms with Crippen molar-refractivity contribution in [3.8, 4) is 0 Å². The second kappa shape index (κ2) is 4.13. The third-order valence-electron chi connectivity index (χ3n) is 3.33. The predicted molar refractivity (Wildman–Crippen MR) is 55.0 cm³/mol. The van der Waals surface area contributed by atoms with Gasteiger partial charge in [0.1, 0.15) is 5.76 Å². The van der Waals surface area contributed by atoms with Crippen molar-refractivity contribution in [3.63, 3.8) is 0 Å². The zero-order valence-corrected chi connectivity index (χ0v) is 8.70. The fourth-order valence-corrected chi connectivity index (χ4v) is 2.36. The van der Waals surface area contributed by atoms with Crippen LogP contribution in [-0.4, -0.2) is 11.5 Å². The molecule has 3 nitrogen and oxygen atoms in total. The van der Waals surface area contributed by atoms with Crippen molar-refractivity contribution in [2.24, 2.45) is 11.7 Å². The van der Waals surface area contributed by atoms with Crippen molar-refractivity contribution in [1.29, 1.82) is 0 Å². The monoisotopic (exact) mass is 194 g/mol. The minimum absolute atomic E-state index is 0.584. The fourth-order valence-electron chi connectivity index (χ4n) is 2.36. The number of oxazole rings is 1. The van der Waals surface area contributed by atoms with E-state index in [2.05, 4.69) is 4.98 Å². The molecule has 1 aliphatic rings. The Kier molecular flexibility index (Phi) is 2.87. The summed E-state index contributed by atoms with van der Waals surface area (Å²) in [5.41, 5.74) is 6.72. The van der Waals surface area contributed by atoms with Crippen LogP contribution in [0.4, 0.5) is 0 Å². The number of aromatic nitrogens is 1. The summed E-state index contributed by atoms with van der Waals surface area (Å²) < 4.78 is 5.43. The molecule has 0 spiro atoms. The van der Waals surface area contributed by atoms with Crippen LogP contribution in [-0.2, 0) is 0 Å². The first-order valence-corrected chi connectivity index (χ1v) is 5.41. The van der Waals surface area contributed by atoms with E-state index in [4.69, 9.17) is 10.2 Å². The Bertz CT molecular complexity index is 287. The highest BCUT2D eigenvalue weighted by Gasteiger charge is 2.24. The van der Waals surface area contributed by atoms with Gasteiger partial charge in [0, 0.05) is 5.92 Å². The van der Waals surface area contributed by atoms with Crippen LogP contribution < -0.4 is 5.73 Å². The number of aryl methyl sites for hydroxylation is 1. The van der Waals surface area contributed by atoms with Gasteiger partial charge < -0.3 is 10.2 Å². The third-order valence-corrected chi connectivity index (χ3v) is 3.33. The Hall–Kier alpha value is -0.830. The molecule has 1 aliphatic carbocycles. The molecule has 1 fully saturated rings. The lowest BCUT2D eigenvalue weighted by Gasteiger charge is -2.26. The van der Waals surface area contributed by atoms with Gasteiger partial charge in [-0.1, -0.05) is 0 Å². The highest BCUT2D eigenvalue weighted by Crippen LogP contribution is 2.36. The molecule has 0 amide bonds. The molecule has 3 heteroatoms. The molecule has 0 unspecified atom stereocenters. The summed E-state index contributed by atoms with van der Waals surface area (Å²) in [7, 11) is 0. The average molecular weight is 194 g/mol. The van der Waals surface area contributed by atoms with Crippen LogP contribution in [0, 0.1) is 12.8 Å². The SMILES string of the molecule is Cc1ncoc1C1CCC(CN)CC1. The van der Waals surface area contributed by atoms with E-state index in [1.165, 1.54) is 25.7 Å². The van der Waals surface area contributed by atoms with Crippen molar-refractivity contribution in [3.05, 3.63) is 17.8 Å². The van der Waals surface area contributed by atoms with Crippen LogP contribution in [0.1, 0.15) is 43.1 Å². The zero-order chi connectivity index (χ0) is 9.97. The fraction of sp³-hybridized carbons (Fsp3) is 0.727. The number of nitrogens with zero attached hydrogens (tertiary/aromatic N) is 1. The molecule has 2 rings (SSSR count). The molecule has 0 saturated heterocycles. The Morgan fingerprint density at radius 3 is 2.64 bits per heavy atom. The van der Waals surface area contributed by atoms with Gasteiger partial charge in [-0.25, -0.2) is 4.98 Å². The summed E-state index contributed by atoms with van der Waals surface area (Å²) in [6.45, 7) is 2.86. The van der Waals surface area contributed by atoms with Gasteiger partial charge >= 0.3 is 0 Å². The molecule has 1 aromatic rings. The molecular weight excluding hydrogens is 176 g/mol. The maximum Gasteiger partial charge on any atom is 0.181 e. The van der Waals surface area contributed by atoms with Crippen LogP contribution in [0.3, 0.4) is 0 Å². The van der Waals surface area contributed by atoms with E-state index in [0.717, 1.165) is 23.9 Å². The van der Waals surface area contributed by atoms with E-state index in [1.54, 1.807) is 6.39 Å². The van der Waals surface area contributed by atoms with Crippen LogP contribution in [0.25, 0.3) is 0 Å². The number of rotatable bonds is 2. The van der Waals surface area contributed by atoms with Crippen molar-refractivity contribution in [2.45, 2.75) is 38.5 Å². The van der Waals surface area contributed by atoms with Gasteiger partial charge in [-0.05, 0) is 45.1 Å². The first-order chi connectivity index (χ1) is 6.81. The molecule has 78 valence electrons. The smallest absolute Gasteiger partial charge is 0.181 e. The molecule has 0 atom stereocenters. The highest BCUT2D eigenvalue weighted by atomic mass is 16.3. The van der Waals surface area contributed by atoms with E-state index in [9.17, 15) is 0 Å². The van der Waals surface area contributed by atoms with E-state index in [-0.39, 0.29) is 0 Å². The van der Waals surface area contributed by atoms with Crippen LogP contribution in [0.2, 0.25) is 0 Å². The topological polar surface area (TPSA) is 52.0 Å². The van der Waals surface area contributed by atoms with E-state index in [0.29, 0.717) is 5.92 Å². The molecule has 2 N–H and O–H groups in total. The second-order valence-corrected chi connectivity index (χ2v) is 4.26.